The van der Waals surface area contributed by atoms with Crippen molar-refractivity contribution in [3.63, 3.8) is 0 Å². The van der Waals surface area contributed by atoms with Crippen molar-refractivity contribution in [1.29, 1.82) is 0 Å². The van der Waals surface area contributed by atoms with Crippen LogP contribution in [-0.4, -0.2) is 23.5 Å². The molecule has 0 unspecified atom stereocenters. The number of nitrogens with one attached hydrogen (secondary N) is 3. The van der Waals surface area contributed by atoms with Gasteiger partial charge in [-0.1, -0.05) is 59.6 Å². The lowest BCUT2D eigenvalue weighted by molar-refractivity contribution is -0.137. The SMILES string of the molecule is O=C(CSc1cccc(NC(=O)/C(=C\c2ccc(Cl)cc2Cl)NC(=O)c2ccccc2)c1)Nc1cccc(C(F)(F)F)c1. The number of anilines is 2. The minimum atomic E-state index is -4.53. The number of hydrogen-bond donors (Lipinski definition) is 3. The first-order valence-electron chi connectivity index (χ1n) is 12.5. The van der Waals surface area contributed by atoms with Crippen molar-refractivity contribution in [2.24, 2.45) is 0 Å². The maximum absolute atomic E-state index is 13.3. The van der Waals surface area contributed by atoms with Crippen molar-refractivity contribution >= 4 is 70.1 Å². The summed E-state index contributed by atoms with van der Waals surface area (Å²) in [5, 5.41) is 8.48. The molecule has 0 bridgehead atoms. The molecule has 0 aromatic heterocycles. The van der Waals surface area contributed by atoms with E-state index in [1.165, 1.54) is 24.3 Å². The van der Waals surface area contributed by atoms with Crippen LogP contribution in [0.3, 0.4) is 0 Å². The molecule has 0 spiro atoms. The van der Waals surface area contributed by atoms with Gasteiger partial charge in [0.05, 0.1) is 11.3 Å². The van der Waals surface area contributed by atoms with E-state index in [2.05, 4.69) is 16.0 Å². The summed E-state index contributed by atoms with van der Waals surface area (Å²) in [6, 6.07) is 24.0. The first-order valence-corrected chi connectivity index (χ1v) is 14.3. The Labute approximate surface area is 259 Å². The van der Waals surface area contributed by atoms with Crippen LogP contribution in [0.25, 0.3) is 6.08 Å². The van der Waals surface area contributed by atoms with Gasteiger partial charge in [0.1, 0.15) is 5.70 Å². The number of carbonyl (C=O) groups excluding carboxylic acids is 3. The van der Waals surface area contributed by atoms with Gasteiger partial charge in [-0.15, -0.1) is 11.8 Å². The summed E-state index contributed by atoms with van der Waals surface area (Å²) in [5.74, 6) is -1.75. The van der Waals surface area contributed by atoms with E-state index in [1.807, 2.05) is 0 Å². The Morgan fingerprint density at radius 1 is 0.791 bits per heavy atom. The van der Waals surface area contributed by atoms with E-state index >= 15 is 0 Å². The molecule has 6 nitrogen and oxygen atoms in total. The lowest BCUT2D eigenvalue weighted by atomic mass is 10.1. The molecule has 0 fully saturated rings. The van der Waals surface area contributed by atoms with Gasteiger partial charge in [0, 0.05) is 31.9 Å². The van der Waals surface area contributed by atoms with Crippen LogP contribution >= 0.6 is 35.0 Å². The highest BCUT2D eigenvalue weighted by Gasteiger charge is 2.30. The largest absolute Gasteiger partial charge is 0.416 e. The van der Waals surface area contributed by atoms with Gasteiger partial charge < -0.3 is 16.0 Å². The molecule has 12 heteroatoms. The van der Waals surface area contributed by atoms with Gasteiger partial charge in [0.2, 0.25) is 5.91 Å². The molecule has 4 aromatic carbocycles. The van der Waals surface area contributed by atoms with E-state index in [4.69, 9.17) is 23.2 Å². The molecule has 0 atom stereocenters. The quantitative estimate of drug-likeness (QED) is 0.127. The zero-order chi connectivity index (χ0) is 31.0. The Balaban J connectivity index is 1.45. The maximum atomic E-state index is 13.3. The van der Waals surface area contributed by atoms with Crippen molar-refractivity contribution in [2.45, 2.75) is 11.1 Å². The van der Waals surface area contributed by atoms with Gasteiger partial charge in [-0.3, -0.25) is 14.4 Å². The van der Waals surface area contributed by atoms with E-state index in [0.717, 1.165) is 23.9 Å². The number of rotatable bonds is 9. The summed E-state index contributed by atoms with van der Waals surface area (Å²) in [7, 11) is 0. The smallest absolute Gasteiger partial charge is 0.325 e. The molecule has 0 aliphatic heterocycles. The third kappa shape index (κ3) is 9.37. The molecular formula is C31H22Cl2F3N3O3S. The molecular weight excluding hydrogens is 622 g/mol. The molecule has 0 saturated carbocycles. The minimum Gasteiger partial charge on any atom is -0.325 e. The van der Waals surface area contributed by atoms with E-state index in [0.29, 0.717) is 26.7 Å². The molecule has 4 aromatic rings. The van der Waals surface area contributed by atoms with Crippen LogP contribution in [0, 0.1) is 0 Å². The van der Waals surface area contributed by atoms with E-state index < -0.39 is 29.5 Å². The van der Waals surface area contributed by atoms with Gasteiger partial charge >= 0.3 is 6.18 Å². The zero-order valence-electron chi connectivity index (χ0n) is 22.0. The first-order chi connectivity index (χ1) is 20.5. The molecule has 4 rings (SSSR count). The Morgan fingerprint density at radius 2 is 1.49 bits per heavy atom. The molecule has 220 valence electrons. The lowest BCUT2D eigenvalue weighted by Crippen LogP contribution is -2.30. The summed E-state index contributed by atoms with van der Waals surface area (Å²) in [6.45, 7) is 0. The van der Waals surface area contributed by atoms with Crippen LogP contribution in [0.5, 0.6) is 0 Å². The zero-order valence-corrected chi connectivity index (χ0v) is 24.4. The second-order valence-electron chi connectivity index (χ2n) is 8.94. The highest BCUT2D eigenvalue weighted by atomic mass is 35.5. The molecule has 0 aliphatic carbocycles. The fourth-order valence-electron chi connectivity index (χ4n) is 3.70. The van der Waals surface area contributed by atoms with E-state index in [1.54, 1.807) is 66.7 Å². The topological polar surface area (TPSA) is 87.3 Å². The normalized spacial score (nSPS) is 11.5. The molecule has 43 heavy (non-hydrogen) atoms. The van der Waals surface area contributed by atoms with Crippen LogP contribution < -0.4 is 16.0 Å². The average Bonchev–Trinajstić information content (AvgIpc) is 2.97. The van der Waals surface area contributed by atoms with Crippen molar-refractivity contribution in [2.75, 3.05) is 16.4 Å². The standard InChI is InChI=1S/C31H22Cl2F3N3O3S/c32-22-13-12-20(26(33)16-22)14-27(39-29(41)19-6-2-1-3-7-19)30(42)38-24-10-5-11-25(17-24)43-18-28(40)37-23-9-4-8-21(15-23)31(34,35)36/h1-17H,18H2,(H,37,40)(H,38,42)(H,39,41)/b27-14+. The lowest BCUT2D eigenvalue weighted by Gasteiger charge is -2.13. The van der Waals surface area contributed by atoms with E-state index in [9.17, 15) is 27.6 Å². The van der Waals surface area contributed by atoms with Gasteiger partial charge in [-0.25, -0.2) is 0 Å². The molecule has 3 N–H and O–H groups in total. The number of amides is 3. The fourth-order valence-corrected chi connectivity index (χ4v) is 4.92. The summed E-state index contributed by atoms with van der Waals surface area (Å²) in [5.41, 5.74) is 0.227. The second kappa shape index (κ2) is 14.3. The first kappa shape index (κ1) is 31.7. The van der Waals surface area contributed by atoms with Crippen LogP contribution in [0.15, 0.2) is 108 Å². The molecule has 0 aliphatic rings. The van der Waals surface area contributed by atoms with Crippen molar-refractivity contribution in [1.82, 2.24) is 5.32 Å². The van der Waals surface area contributed by atoms with E-state index in [-0.39, 0.29) is 22.2 Å². The number of carbonyl (C=O) groups is 3. The summed E-state index contributed by atoms with van der Waals surface area (Å²) < 4.78 is 38.9. The van der Waals surface area contributed by atoms with Crippen LogP contribution in [0.4, 0.5) is 24.5 Å². The minimum absolute atomic E-state index is 0.0269. The number of benzene rings is 4. The van der Waals surface area contributed by atoms with Crippen molar-refractivity contribution in [3.8, 4) is 0 Å². The summed E-state index contributed by atoms with van der Waals surface area (Å²) in [4.78, 5) is 39.2. The van der Waals surface area contributed by atoms with Gasteiger partial charge in [-0.05, 0) is 72.3 Å². The van der Waals surface area contributed by atoms with Crippen molar-refractivity contribution < 1.29 is 27.6 Å². The number of hydrogen-bond acceptors (Lipinski definition) is 4. The number of alkyl halides is 3. The van der Waals surface area contributed by atoms with Crippen LogP contribution in [0.2, 0.25) is 10.0 Å². The summed E-state index contributed by atoms with van der Waals surface area (Å²) >= 11 is 13.4. The van der Waals surface area contributed by atoms with Gasteiger partial charge in [0.25, 0.3) is 11.8 Å². The average molecular weight is 645 g/mol. The molecule has 0 heterocycles. The van der Waals surface area contributed by atoms with Gasteiger partial charge in [0.15, 0.2) is 0 Å². The Morgan fingerprint density at radius 3 is 2.19 bits per heavy atom. The highest BCUT2D eigenvalue weighted by molar-refractivity contribution is 8.00. The third-order valence-electron chi connectivity index (χ3n) is 5.73. The van der Waals surface area contributed by atoms with Crippen molar-refractivity contribution in [3.05, 3.63) is 129 Å². The summed E-state index contributed by atoms with van der Waals surface area (Å²) in [6.07, 6.45) is -3.10. The Hall–Kier alpha value is -4.25. The second-order valence-corrected chi connectivity index (χ2v) is 10.8. The maximum Gasteiger partial charge on any atom is 0.416 e. The van der Waals surface area contributed by atoms with Crippen LogP contribution in [0.1, 0.15) is 21.5 Å². The Kier molecular flexibility index (Phi) is 10.5. The number of halogens is 5. The molecule has 3 amide bonds. The fraction of sp³-hybridized carbons (Fsp3) is 0.0645. The Bertz CT molecular complexity index is 1680. The predicted octanol–water partition coefficient (Wildman–Crippen LogP) is 8.15. The predicted molar refractivity (Wildman–Crippen MR) is 164 cm³/mol. The molecule has 0 saturated heterocycles. The highest BCUT2D eigenvalue weighted by Crippen LogP contribution is 2.31. The monoisotopic (exact) mass is 643 g/mol. The third-order valence-corrected chi connectivity index (χ3v) is 7.28. The van der Waals surface area contributed by atoms with Crippen LogP contribution in [-0.2, 0) is 15.8 Å². The number of thioether (sulfide) groups is 1. The molecule has 0 radical (unpaired) electrons. The van der Waals surface area contributed by atoms with Gasteiger partial charge in [-0.2, -0.15) is 13.2 Å².